The van der Waals surface area contributed by atoms with Crippen molar-refractivity contribution in [1.82, 2.24) is 9.47 Å². The van der Waals surface area contributed by atoms with Crippen molar-refractivity contribution in [2.24, 2.45) is 0 Å². The van der Waals surface area contributed by atoms with Crippen LogP contribution < -0.4 is 14.2 Å². The second-order valence-corrected chi connectivity index (χ2v) is 11.5. The van der Waals surface area contributed by atoms with Crippen molar-refractivity contribution in [2.75, 3.05) is 26.2 Å². The highest BCUT2D eigenvalue weighted by Crippen LogP contribution is 2.37. The van der Waals surface area contributed by atoms with Gasteiger partial charge in [0.2, 0.25) is 0 Å². The number of nitrogens with zero attached hydrogens (tertiary/aromatic N) is 2. The predicted octanol–water partition coefficient (Wildman–Crippen LogP) is 9.01. The topological polar surface area (TPSA) is 35.9 Å². The van der Waals surface area contributed by atoms with E-state index in [1.165, 1.54) is 31.4 Å². The molecule has 0 radical (unpaired) electrons. The van der Waals surface area contributed by atoms with Crippen molar-refractivity contribution in [3.05, 3.63) is 114 Å². The van der Waals surface area contributed by atoms with E-state index in [-0.39, 0.29) is 5.75 Å². The van der Waals surface area contributed by atoms with Crippen LogP contribution in [0, 0.1) is 6.92 Å². The van der Waals surface area contributed by atoms with Crippen LogP contribution in [-0.2, 0) is 13.2 Å². The first-order valence-electron chi connectivity index (χ1n) is 15.4. The molecule has 1 fully saturated rings. The van der Waals surface area contributed by atoms with E-state index in [1.807, 2.05) is 67.6 Å². The lowest BCUT2D eigenvalue weighted by molar-refractivity contribution is -0.274. The largest absolute Gasteiger partial charge is 0.573 e. The molecule has 0 unspecified atom stereocenters. The zero-order valence-corrected chi connectivity index (χ0v) is 25.4. The summed E-state index contributed by atoms with van der Waals surface area (Å²) in [6, 6.07) is 30.2. The molecule has 5 nitrogen and oxygen atoms in total. The SMILES string of the molecule is Cc1c(-c2ccc(OC(F)(F)F)cc2)n(Cc2ccc(OCCN3CCCCC3)cc2)c2ccc(OCc3ccccc3)cc12. The molecular formula is C37H37F3N2O3. The van der Waals surface area contributed by atoms with E-state index in [0.717, 1.165) is 70.0 Å². The number of rotatable bonds is 11. The molecule has 0 atom stereocenters. The monoisotopic (exact) mass is 614 g/mol. The molecule has 1 aliphatic heterocycles. The lowest BCUT2D eigenvalue weighted by Crippen LogP contribution is -2.33. The van der Waals surface area contributed by atoms with E-state index in [2.05, 4.69) is 26.3 Å². The zero-order chi connectivity index (χ0) is 31.2. The van der Waals surface area contributed by atoms with Crippen LogP contribution in [0.2, 0.25) is 0 Å². The molecule has 0 N–H and O–H groups in total. The molecule has 1 saturated heterocycles. The molecule has 0 bridgehead atoms. The highest BCUT2D eigenvalue weighted by molar-refractivity contribution is 5.92. The Bertz CT molecular complexity index is 1690. The van der Waals surface area contributed by atoms with Crippen LogP contribution in [0.5, 0.6) is 17.2 Å². The summed E-state index contributed by atoms with van der Waals surface area (Å²) in [5, 5.41) is 1.02. The van der Waals surface area contributed by atoms with Crippen LogP contribution in [0.1, 0.15) is 36.0 Å². The number of alkyl halides is 3. The molecule has 0 spiro atoms. The Balaban J connectivity index is 1.26. The van der Waals surface area contributed by atoms with Crippen LogP contribution in [0.3, 0.4) is 0 Å². The first kappa shape index (κ1) is 30.6. The minimum absolute atomic E-state index is 0.251. The molecule has 45 heavy (non-hydrogen) atoms. The van der Waals surface area contributed by atoms with Crippen LogP contribution in [0.25, 0.3) is 22.2 Å². The summed E-state index contributed by atoms with van der Waals surface area (Å²) < 4.78 is 56.9. The van der Waals surface area contributed by atoms with Gasteiger partial charge in [0, 0.05) is 24.0 Å². The van der Waals surface area contributed by atoms with Gasteiger partial charge in [0.15, 0.2) is 0 Å². The maximum absolute atomic E-state index is 12.8. The zero-order valence-electron chi connectivity index (χ0n) is 25.4. The average Bonchev–Trinajstić information content (AvgIpc) is 3.31. The molecule has 234 valence electrons. The summed E-state index contributed by atoms with van der Waals surface area (Å²) in [5.74, 6) is 1.34. The quantitative estimate of drug-likeness (QED) is 0.149. The Morgan fingerprint density at radius 3 is 2.11 bits per heavy atom. The summed E-state index contributed by atoms with van der Waals surface area (Å²) >= 11 is 0. The van der Waals surface area contributed by atoms with E-state index >= 15 is 0 Å². The number of fused-ring (bicyclic) bond motifs is 1. The van der Waals surface area contributed by atoms with Crippen molar-refractivity contribution in [3.63, 3.8) is 0 Å². The van der Waals surface area contributed by atoms with Crippen molar-refractivity contribution in [2.45, 2.75) is 45.7 Å². The van der Waals surface area contributed by atoms with Gasteiger partial charge in [-0.05, 0) is 110 Å². The van der Waals surface area contributed by atoms with Crippen LogP contribution >= 0.6 is 0 Å². The lowest BCUT2D eigenvalue weighted by atomic mass is 10.1. The van der Waals surface area contributed by atoms with E-state index in [1.54, 1.807) is 12.1 Å². The summed E-state index contributed by atoms with van der Waals surface area (Å²) in [6.45, 7) is 6.94. The van der Waals surface area contributed by atoms with Crippen molar-refractivity contribution >= 4 is 10.9 Å². The van der Waals surface area contributed by atoms with Gasteiger partial charge in [-0.15, -0.1) is 13.2 Å². The van der Waals surface area contributed by atoms with Crippen molar-refractivity contribution in [3.8, 4) is 28.5 Å². The Kier molecular flexibility index (Phi) is 9.31. The van der Waals surface area contributed by atoms with Gasteiger partial charge < -0.3 is 18.8 Å². The van der Waals surface area contributed by atoms with Gasteiger partial charge in [0.05, 0.1) is 5.69 Å². The van der Waals surface area contributed by atoms with Gasteiger partial charge >= 0.3 is 6.36 Å². The van der Waals surface area contributed by atoms with E-state index in [0.29, 0.717) is 19.8 Å². The van der Waals surface area contributed by atoms with Crippen molar-refractivity contribution < 1.29 is 27.4 Å². The number of piperidine rings is 1. The van der Waals surface area contributed by atoms with Gasteiger partial charge in [0.1, 0.15) is 30.5 Å². The molecule has 2 heterocycles. The average molecular weight is 615 g/mol. The van der Waals surface area contributed by atoms with Crippen LogP contribution in [0.15, 0.2) is 97.1 Å². The third-order valence-corrected chi connectivity index (χ3v) is 8.29. The van der Waals surface area contributed by atoms with E-state index < -0.39 is 6.36 Å². The predicted molar refractivity (Wildman–Crippen MR) is 171 cm³/mol. The maximum Gasteiger partial charge on any atom is 0.573 e. The third-order valence-electron chi connectivity index (χ3n) is 8.29. The van der Waals surface area contributed by atoms with Gasteiger partial charge in [-0.25, -0.2) is 0 Å². The van der Waals surface area contributed by atoms with Gasteiger partial charge in [0.25, 0.3) is 0 Å². The molecule has 0 amide bonds. The number of hydrogen-bond donors (Lipinski definition) is 0. The maximum atomic E-state index is 12.8. The first-order chi connectivity index (χ1) is 21.8. The first-order valence-corrected chi connectivity index (χ1v) is 15.4. The second-order valence-electron chi connectivity index (χ2n) is 11.5. The Labute approximate surface area is 261 Å². The number of aryl methyl sites for hydroxylation is 1. The second kappa shape index (κ2) is 13.7. The molecule has 0 aliphatic carbocycles. The minimum atomic E-state index is -4.74. The summed E-state index contributed by atoms with van der Waals surface area (Å²) in [7, 11) is 0. The van der Waals surface area contributed by atoms with Gasteiger partial charge in [-0.3, -0.25) is 4.90 Å². The Morgan fingerprint density at radius 1 is 0.711 bits per heavy atom. The summed E-state index contributed by atoms with van der Waals surface area (Å²) in [4.78, 5) is 2.46. The number of aromatic nitrogens is 1. The van der Waals surface area contributed by atoms with Crippen LogP contribution in [0.4, 0.5) is 13.2 Å². The van der Waals surface area contributed by atoms with E-state index in [9.17, 15) is 13.2 Å². The van der Waals surface area contributed by atoms with Crippen LogP contribution in [-0.4, -0.2) is 42.1 Å². The molecule has 5 aromatic rings. The number of likely N-dealkylation sites (tertiary alicyclic amines) is 1. The highest BCUT2D eigenvalue weighted by Gasteiger charge is 2.31. The third kappa shape index (κ3) is 7.81. The standard InChI is InChI=1S/C37H37F3N2O3/c1-27-34-24-33(44-26-29-8-4-2-5-9-29)18-19-35(34)42(36(27)30-12-16-32(17-13-30)45-37(38,39)40)25-28-10-14-31(15-11-28)43-23-22-41-20-6-3-7-21-41/h2,4-5,8-19,24H,3,6-7,20-23,25-26H2,1H3. The number of benzene rings is 4. The molecule has 0 saturated carbocycles. The fraction of sp³-hybridized carbons (Fsp3) is 0.297. The number of halogens is 3. The molecule has 1 aromatic heterocycles. The fourth-order valence-corrected chi connectivity index (χ4v) is 6.03. The summed E-state index contributed by atoms with van der Waals surface area (Å²) in [6.07, 6.45) is -0.904. The normalized spacial score (nSPS) is 14.0. The van der Waals surface area contributed by atoms with E-state index in [4.69, 9.17) is 9.47 Å². The van der Waals surface area contributed by atoms with Crippen molar-refractivity contribution in [1.29, 1.82) is 0 Å². The molecule has 4 aromatic carbocycles. The molecular weight excluding hydrogens is 577 g/mol. The Hall–Kier alpha value is -4.43. The number of ether oxygens (including phenoxy) is 3. The molecule has 6 rings (SSSR count). The molecule has 1 aliphatic rings. The minimum Gasteiger partial charge on any atom is -0.492 e. The molecule has 8 heteroatoms. The van der Waals surface area contributed by atoms with Gasteiger partial charge in [-0.1, -0.05) is 48.9 Å². The Morgan fingerprint density at radius 2 is 1.40 bits per heavy atom. The smallest absolute Gasteiger partial charge is 0.492 e. The number of hydrogen-bond acceptors (Lipinski definition) is 4. The lowest BCUT2D eigenvalue weighted by Gasteiger charge is -2.26. The fourth-order valence-electron chi connectivity index (χ4n) is 6.03. The van der Waals surface area contributed by atoms with Gasteiger partial charge in [-0.2, -0.15) is 0 Å². The summed E-state index contributed by atoms with van der Waals surface area (Å²) in [5.41, 5.74) is 5.89. The highest BCUT2D eigenvalue weighted by atomic mass is 19.4.